The van der Waals surface area contributed by atoms with Crippen molar-refractivity contribution in [2.45, 2.75) is 26.3 Å². The Bertz CT molecular complexity index is 386. The first-order chi connectivity index (χ1) is 9.91. The van der Waals surface area contributed by atoms with Crippen LogP contribution in [0.25, 0.3) is 0 Å². The number of carboxylic acid groups (broad SMARTS) is 1. The van der Waals surface area contributed by atoms with Crippen LogP contribution in [0.15, 0.2) is 0 Å². The highest BCUT2D eigenvalue weighted by Gasteiger charge is 2.32. The summed E-state index contributed by atoms with van der Waals surface area (Å²) in [5.74, 6) is -0.867. The monoisotopic (exact) mass is 301 g/mol. The molecule has 1 atom stereocenters. The first-order valence-electron chi connectivity index (χ1n) is 7.03. The van der Waals surface area contributed by atoms with Crippen LogP contribution in [-0.4, -0.2) is 66.8 Å². The van der Waals surface area contributed by atoms with Gasteiger partial charge in [0.1, 0.15) is 0 Å². The van der Waals surface area contributed by atoms with E-state index in [4.69, 9.17) is 9.84 Å². The van der Waals surface area contributed by atoms with Crippen molar-refractivity contribution < 1.29 is 24.2 Å². The van der Waals surface area contributed by atoms with E-state index in [9.17, 15) is 14.4 Å². The van der Waals surface area contributed by atoms with E-state index in [0.717, 1.165) is 0 Å². The molecule has 1 rings (SSSR count). The molecule has 3 amide bonds. The van der Waals surface area contributed by atoms with Crippen LogP contribution in [0.1, 0.15) is 20.3 Å². The lowest BCUT2D eigenvalue weighted by Gasteiger charge is -2.32. The number of nitrogens with one attached hydrogen (secondary N) is 2. The minimum atomic E-state index is -1.10. The number of ether oxygens (including phenoxy) is 1. The van der Waals surface area contributed by atoms with Crippen molar-refractivity contribution in [3.8, 4) is 0 Å². The van der Waals surface area contributed by atoms with Gasteiger partial charge in [0.05, 0.1) is 13.2 Å². The van der Waals surface area contributed by atoms with E-state index in [0.29, 0.717) is 19.1 Å². The number of hydrogen-bond donors (Lipinski definition) is 3. The van der Waals surface area contributed by atoms with Crippen molar-refractivity contribution in [2.75, 3.05) is 32.8 Å². The van der Waals surface area contributed by atoms with Crippen LogP contribution in [0.2, 0.25) is 0 Å². The molecule has 0 aromatic carbocycles. The lowest BCUT2D eigenvalue weighted by molar-refractivity contribution is -0.147. The zero-order valence-electron chi connectivity index (χ0n) is 12.4. The lowest BCUT2D eigenvalue weighted by atomic mass is 10.2. The van der Waals surface area contributed by atoms with E-state index < -0.39 is 18.0 Å². The van der Waals surface area contributed by atoms with Gasteiger partial charge in [0, 0.05) is 26.1 Å². The Morgan fingerprint density at radius 3 is 2.67 bits per heavy atom. The molecule has 0 radical (unpaired) electrons. The maximum absolute atomic E-state index is 11.9. The van der Waals surface area contributed by atoms with Crippen LogP contribution in [0.4, 0.5) is 4.79 Å². The molecule has 0 aromatic rings. The number of hydrogen-bond acceptors (Lipinski definition) is 4. The van der Waals surface area contributed by atoms with Crippen LogP contribution in [-0.2, 0) is 14.3 Å². The Labute approximate surface area is 123 Å². The zero-order chi connectivity index (χ0) is 15.8. The number of rotatable bonds is 6. The van der Waals surface area contributed by atoms with Gasteiger partial charge in [-0.25, -0.2) is 9.59 Å². The summed E-state index contributed by atoms with van der Waals surface area (Å²) < 4.78 is 5.05. The summed E-state index contributed by atoms with van der Waals surface area (Å²) >= 11 is 0. The van der Waals surface area contributed by atoms with Crippen LogP contribution in [0.3, 0.4) is 0 Å². The van der Waals surface area contributed by atoms with Gasteiger partial charge in [0.2, 0.25) is 5.91 Å². The minimum absolute atomic E-state index is 0.0162. The smallest absolute Gasteiger partial charge is 0.328 e. The Morgan fingerprint density at radius 2 is 2.05 bits per heavy atom. The summed E-state index contributed by atoms with van der Waals surface area (Å²) in [4.78, 5) is 35.7. The summed E-state index contributed by atoms with van der Waals surface area (Å²) in [6, 6.07) is -1.46. The molecule has 1 aliphatic rings. The van der Waals surface area contributed by atoms with Gasteiger partial charge in [-0.1, -0.05) is 13.8 Å². The van der Waals surface area contributed by atoms with E-state index in [-0.39, 0.29) is 32.0 Å². The van der Waals surface area contributed by atoms with Gasteiger partial charge in [-0.3, -0.25) is 4.79 Å². The van der Waals surface area contributed by atoms with Crippen molar-refractivity contribution in [3.63, 3.8) is 0 Å². The molecule has 0 bridgehead atoms. The van der Waals surface area contributed by atoms with Gasteiger partial charge in [-0.15, -0.1) is 0 Å². The molecule has 21 heavy (non-hydrogen) atoms. The molecule has 0 aromatic heterocycles. The number of nitrogens with zero attached hydrogens (tertiary/aromatic N) is 1. The number of carbonyl (C=O) groups is 3. The van der Waals surface area contributed by atoms with E-state index in [1.54, 1.807) is 0 Å². The SMILES string of the molecule is CC(C)CNC(=O)CCNC(=O)N1CCOCC1C(=O)O. The lowest BCUT2D eigenvalue weighted by Crippen LogP contribution is -2.55. The number of amides is 3. The van der Waals surface area contributed by atoms with Gasteiger partial charge in [-0.2, -0.15) is 0 Å². The number of morpholine rings is 1. The Balaban J connectivity index is 2.32. The Morgan fingerprint density at radius 1 is 1.33 bits per heavy atom. The number of carbonyl (C=O) groups excluding carboxylic acids is 2. The summed E-state index contributed by atoms with van der Waals surface area (Å²) in [6.45, 7) is 5.27. The van der Waals surface area contributed by atoms with E-state index in [1.165, 1.54) is 4.90 Å². The first kappa shape index (κ1) is 17.2. The topological polar surface area (TPSA) is 108 Å². The molecule has 8 nitrogen and oxygen atoms in total. The number of aliphatic carboxylic acids is 1. The highest BCUT2D eigenvalue weighted by atomic mass is 16.5. The Kier molecular flexibility index (Phi) is 6.93. The first-order valence-corrected chi connectivity index (χ1v) is 7.03. The molecule has 0 spiro atoms. The van der Waals surface area contributed by atoms with Crippen LogP contribution < -0.4 is 10.6 Å². The third-order valence-electron chi connectivity index (χ3n) is 3.01. The summed E-state index contributed by atoms with van der Waals surface area (Å²) in [7, 11) is 0. The molecular weight excluding hydrogens is 278 g/mol. The van der Waals surface area contributed by atoms with Crippen LogP contribution >= 0.6 is 0 Å². The average molecular weight is 301 g/mol. The predicted octanol–water partition coefficient (Wildman–Crippen LogP) is -0.356. The molecule has 3 N–H and O–H groups in total. The van der Waals surface area contributed by atoms with Crippen molar-refractivity contribution in [2.24, 2.45) is 5.92 Å². The summed E-state index contributed by atoms with van der Waals surface area (Å²) in [5.41, 5.74) is 0. The van der Waals surface area contributed by atoms with E-state index in [2.05, 4.69) is 10.6 Å². The summed E-state index contributed by atoms with van der Waals surface area (Å²) in [6.07, 6.45) is 0.167. The normalized spacial score (nSPS) is 18.4. The third-order valence-corrected chi connectivity index (χ3v) is 3.01. The second kappa shape index (κ2) is 8.46. The van der Waals surface area contributed by atoms with Gasteiger partial charge in [0.25, 0.3) is 0 Å². The van der Waals surface area contributed by atoms with Gasteiger partial charge in [-0.05, 0) is 5.92 Å². The largest absolute Gasteiger partial charge is 0.480 e. The van der Waals surface area contributed by atoms with Gasteiger partial charge >= 0.3 is 12.0 Å². The summed E-state index contributed by atoms with van der Waals surface area (Å²) in [5, 5.41) is 14.3. The van der Waals surface area contributed by atoms with E-state index >= 15 is 0 Å². The van der Waals surface area contributed by atoms with Gasteiger partial charge in [0.15, 0.2) is 6.04 Å². The molecule has 120 valence electrons. The van der Waals surface area contributed by atoms with Crippen molar-refractivity contribution in [1.82, 2.24) is 15.5 Å². The second-order valence-corrected chi connectivity index (χ2v) is 5.30. The quantitative estimate of drug-likeness (QED) is 0.621. The molecule has 1 aliphatic heterocycles. The fourth-order valence-electron chi connectivity index (χ4n) is 1.84. The van der Waals surface area contributed by atoms with Crippen LogP contribution in [0.5, 0.6) is 0 Å². The molecule has 1 fully saturated rings. The molecule has 1 saturated heterocycles. The molecule has 1 unspecified atom stereocenters. The van der Waals surface area contributed by atoms with Crippen molar-refractivity contribution in [1.29, 1.82) is 0 Å². The standard InChI is InChI=1S/C13H23N3O5/c1-9(2)7-15-11(17)3-4-14-13(20)16-5-6-21-8-10(16)12(18)19/h9-10H,3-8H2,1-2H3,(H,14,20)(H,15,17)(H,18,19). The second-order valence-electron chi connectivity index (χ2n) is 5.30. The van der Waals surface area contributed by atoms with Crippen molar-refractivity contribution in [3.05, 3.63) is 0 Å². The van der Waals surface area contributed by atoms with Gasteiger partial charge < -0.3 is 25.4 Å². The third kappa shape index (κ3) is 5.99. The number of urea groups is 1. The number of carboxylic acids is 1. The molecule has 1 heterocycles. The van der Waals surface area contributed by atoms with Crippen LogP contribution in [0, 0.1) is 5.92 Å². The van der Waals surface area contributed by atoms with Crippen molar-refractivity contribution >= 4 is 17.9 Å². The molecular formula is C13H23N3O5. The highest BCUT2D eigenvalue weighted by Crippen LogP contribution is 2.07. The average Bonchev–Trinajstić information content (AvgIpc) is 2.44. The fraction of sp³-hybridized carbons (Fsp3) is 0.769. The highest BCUT2D eigenvalue weighted by molar-refractivity contribution is 5.83. The maximum atomic E-state index is 11.9. The molecule has 0 aliphatic carbocycles. The zero-order valence-corrected chi connectivity index (χ0v) is 12.4. The maximum Gasteiger partial charge on any atom is 0.328 e. The molecule has 8 heteroatoms. The Hall–Kier alpha value is -1.83. The molecule has 0 saturated carbocycles. The predicted molar refractivity (Wildman–Crippen MR) is 74.8 cm³/mol. The minimum Gasteiger partial charge on any atom is -0.480 e. The van der Waals surface area contributed by atoms with E-state index in [1.807, 2.05) is 13.8 Å². The fourth-order valence-corrected chi connectivity index (χ4v) is 1.84.